The molecular weight excluding hydrogens is 305 g/mol. The van der Waals surface area contributed by atoms with Crippen molar-refractivity contribution in [3.63, 3.8) is 0 Å². The van der Waals surface area contributed by atoms with Crippen molar-refractivity contribution in [2.75, 3.05) is 26.8 Å². The number of benzene rings is 1. The molecule has 0 saturated carbocycles. The lowest BCUT2D eigenvalue weighted by Gasteiger charge is -2.19. The fraction of sp³-hybridized carbons (Fsp3) is 0.500. The van der Waals surface area contributed by atoms with E-state index in [1.165, 1.54) is 0 Å². The van der Waals surface area contributed by atoms with Crippen LogP contribution in [0.2, 0.25) is 5.02 Å². The topological polar surface area (TPSA) is 30.5 Å². The molecular formula is C12H17BrClNO2. The summed E-state index contributed by atoms with van der Waals surface area (Å²) in [5.74, 6) is 0.668. The zero-order valence-electron chi connectivity index (χ0n) is 10.0. The number of likely N-dealkylation sites (N-methyl/N-ethyl adjacent to an activating group) is 1. The molecule has 1 unspecified atom stereocenters. The van der Waals surface area contributed by atoms with Gasteiger partial charge in [-0.1, -0.05) is 34.5 Å². The fourth-order valence-electron chi connectivity index (χ4n) is 1.37. The predicted molar refractivity (Wildman–Crippen MR) is 74.0 cm³/mol. The highest BCUT2D eigenvalue weighted by Crippen LogP contribution is 2.28. The first-order chi connectivity index (χ1) is 8.17. The van der Waals surface area contributed by atoms with Crippen molar-refractivity contribution in [3.05, 3.63) is 27.7 Å². The summed E-state index contributed by atoms with van der Waals surface area (Å²) in [7, 11) is 1.66. The van der Waals surface area contributed by atoms with Gasteiger partial charge in [0.1, 0.15) is 11.9 Å². The van der Waals surface area contributed by atoms with Crippen LogP contribution >= 0.6 is 27.5 Å². The molecule has 0 amide bonds. The Balaban J connectivity index is 2.67. The molecule has 1 aromatic rings. The van der Waals surface area contributed by atoms with E-state index in [0.717, 1.165) is 17.6 Å². The molecule has 96 valence electrons. The first-order valence-electron chi connectivity index (χ1n) is 5.48. The maximum atomic E-state index is 6.07. The smallest absolute Gasteiger partial charge is 0.139 e. The maximum absolute atomic E-state index is 6.07. The van der Waals surface area contributed by atoms with Crippen LogP contribution in [0.4, 0.5) is 0 Å². The van der Waals surface area contributed by atoms with E-state index in [-0.39, 0.29) is 6.10 Å². The molecule has 0 aliphatic rings. The molecule has 1 aromatic carbocycles. The molecule has 0 radical (unpaired) electrons. The van der Waals surface area contributed by atoms with E-state index in [1.807, 2.05) is 12.1 Å². The third-order valence-corrected chi connectivity index (χ3v) is 2.97. The third kappa shape index (κ3) is 5.25. The minimum Gasteiger partial charge on any atom is -0.485 e. The highest BCUT2D eigenvalue weighted by molar-refractivity contribution is 9.10. The lowest BCUT2D eigenvalue weighted by atomic mass is 10.3. The van der Waals surface area contributed by atoms with E-state index in [2.05, 4.69) is 28.2 Å². The van der Waals surface area contributed by atoms with Gasteiger partial charge in [0, 0.05) is 18.1 Å². The van der Waals surface area contributed by atoms with Crippen molar-refractivity contribution in [1.82, 2.24) is 5.32 Å². The minimum absolute atomic E-state index is 0.0493. The molecule has 0 fully saturated rings. The van der Waals surface area contributed by atoms with Crippen LogP contribution in [0.3, 0.4) is 0 Å². The molecule has 0 aromatic heterocycles. The summed E-state index contributed by atoms with van der Waals surface area (Å²) in [5.41, 5.74) is 0. The summed E-state index contributed by atoms with van der Waals surface area (Å²) in [5, 5.41) is 3.83. The van der Waals surface area contributed by atoms with Crippen LogP contribution < -0.4 is 10.1 Å². The number of ether oxygens (including phenoxy) is 2. The first kappa shape index (κ1) is 14.8. The summed E-state index contributed by atoms with van der Waals surface area (Å²) in [6.07, 6.45) is -0.0493. The van der Waals surface area contributed by atoms with Crippen molar-refractivity contribution in [2.45, 2.75) is 13.0 Å². The molecule has 1 rings (SSSR count). The van der Waals surface area contributed by atoms with Gasteiger partial charge in [-0.05, 0) is 24.7 Å². The Kier molecular flexibility index (Phi) is 6.89. The van der Waals surface area contributed by atoms with E-state index in [9.17, 15) is 0 Å². The van der Waals surface area contributed by atoms with Gasteiger partial charge in [-0.25, -0.2) is 0 Å². The van der Waals surface area contributed by atoms with Gasteiger partial charge in [-0.3, -0.25) is 0 Å². The number of rotatable bonds is 7. The first-order valence-corrected chi connectivity index (χ1v) is 6.65. The molecule has 1 atom stereocenters. The summed E-state index contributed by atoms with van der Waals surface area (Å²) < 4.78 is 11.9. The molecule has 0 spiro atoms. The quantitative estimate of drug-likeness (QED) is 0.837. The van der Waals surface area contributed by atoms with E-state index >= 15 is 0 Å². The molecule has 0 bridgehead atoms. The molecule has 0 heterocycles. The normalized spacial score (nSPS) is 12.5. The van der Waals surface area contributed by atoms with Crippen molar-refractivity contribution < 1.29 is 9.47 Å². The van der Waals surface area contributed by atoms with Crippen molar-refractivity contribution in [2.24, 2.45) is 0 Å². The van der Waals surface area contributed by atoms with E-state index in [4.69, 9.17) is 21.1 Å². The highest BCUT2D eigenvalue weighted by atomic mass is 79.9. The van der Waals surface area contributed by atoms with Gasteiger partial charge in [-0.2, -0.15) is 0 Å². The standard InChI is InChI=1S/C12H17BrClNO2/c1-3-15-7-10(8-16-2)17-12-6-9(13)4-5-11(12)14/h4-6,10,15H,3,7-8H2,1-2H3. The van der Waals surface area contributed by atoms with E-state index in [0.29, 0.717) is 17.4 Å². The monoisotopic (exact) mass is 321 g/mol. The number of hydrogen-bond acceptors (Lipinski definition) is 3. The Labute approximate surface area is 116 Å². The minimum atomic E-state index is -0.0493. The second-order valence-corrected chi connectivity index (χ2v) is 4.90. The molecule has 0 saturated heterocycles. The SMILES string of the molecule is CCNCC(COC)Oc1cc(Br)ccc1Cl. The summed E-state index contributed by atoms with van der Waals surface area (Å²) in [6, 6.07) is 5.54. The van der Waals surface area contributed by atoms with Gasteiger partial charge in [0.05, 0.1) is 11.6 Å². The number of halogens is 2. The zero-order valence-corrected chi connectivity index (χ0v) is 12.3. The van der Waals surface area contributed by atoms with Crippen LogP contribution in [0.25, 0.3) is 0 Å². The fourth-order valence-corrected chi connectivity index (χ4v) is 1.88. The Bertz CT molecular complexity index is 349. The largest absolute Gasteiger partial charge is 0.485 e. The zero-order chi connectivity index (χ0) is 12.7. The van der Waals surface area contributed by atoms with Crippen LogP contribution in [0.15, 0.2) is 22.7 Å². The molecule has 1 N–H and O–H groups in total. The van der Waals surface area contributed by atoms with Crippen molar-refractivity contribution in [3.8, 4) is 5.75 Å². The van der Waals surface area contributed by atoms with Gasteiger partial charge >= 0.3 is 0 Å². The second-order valence-electron chi connectivity index (χ2n) is 3.58. The molecule has 3 nitrogen and oxygen atoms in total. The van der Waals surface area contributed by atoms with Gasteiger partial charge in [0.15, 0.2) is 0 Å². The van der Waals surface area contributed by atoms with E-state index < -0.39 is 0 Å². The average molecular weight is 323 g/mol. The number of methoxy groups -OCH3 is 1. The average Bonchev–Trinajstić information content (AvgIpc) is 2.31. The van der Waals surface area contributed by atoms with Crippen molar-refractivity contribution >= 4 is 27.5 Å². The molecule has 5 heteroatoms. The van der Waals surface area contributed by atoms with Crippen LogP contribution in [0, 0.1) is 0 Å². The Morgan fingerprint density at radius 3 is 2.88 bits per heavy atom. The summed E-state index contributed by atoms with van der Waals surface area (Å²) in [4.78, 5) is 0. The lowest BCUT2D eigenvalue weighted by molar-refractivity contribution is 0.0810. The maximum Gasteiger partial charge on any atom is 0.139 e. The van der Waals surface area contributed by atoms with E-state index in [1.54, 1.807) is 13.2 Å². The molecule has 0 aliphatic heterocycles. The molecule has 17 heavy (non-hydrogen) atoms. The van der Waals surface area contributed by atoms with Crippen LogP contribution in [-0.2, 0) is 4.74 Å². The second kappa shape index (κ2) is 7.93. The van der Waals surface area contributed by atoms with Crippen LogP contribution in [-0.4, -0.2) is 32.9 Å². The van der Waals surface area contributed by atoms with Crippen molar-refractivity contribution in [1.29, 1.82) is 0 Å². The van der Waals surface area contributed by atoms with Gasteiger partial charge in [0.25, 0.3) is 0 Å². The Morgan fingerprint density at radius 1 is 1.47 bits per heavy atom. The number of nitrogens with one attached hydrogen (secondary N) is 1. The molecule has 0 aliphatic carbocycles. The Hall–Kier alpha value is -0.290. The summed E-state index contributed by atoms with van der Waals surface area (Å²) in [6.45, 7) is 4.20. The summed E-state index contributed by atoms with van der Waals surface area (Å²) >= 11 is 9.46. The lowest BCUT2D eigenvalue weighted by Crippen LogP contribution is -2.34. The van der Waals surface area contributed by atoms with Crippen LogP contribution in [0.1, 0.15) is 6.92 Å². The predicted octanol–water partition coefficient (Wildman–Crippen LogP) is 3.11. The highest BCUT2D eigenvalue weighted by Gasteiger charge is 2.12. The number of hydrogen-bond donors (Lipinski definition) is 1. The Morgan fingerprint density at radius 2 is 2.24 bits per heavy atom. The van der Waals surface area contributed by atoms with Crippen LogP contribution in [0.5, 0.6) is 5.75 Å². The third-order valence-electron chi connectivity index (χ3n) is 2.16. The van der Waals surface area contributed by atoms with Gasteiger partial charge in [0.2, 0.25) is 0 Å². The van der Waals surface area contributed by atoms with Gasteiger partial charge < -0.3 is 14.8 Å². The van der Waals surface area contributed by atoms with Gasteiger partial charge in [-0.15, -0.1) is 0 Å².